The summed E-state index contributed by atoms with van der Waals surface area (Å²) in [6.45, 7) is 10.5. The summed E-state index contributed by atoms with van der Waals surface area (Å²) < 4.78 is 0. The second-order valence-corrected chi connectivity index (χ2v) is 8.55. The first-order valence-corrected chi connectivity index (χ1v) is 9.59. The molecule has 1 fully saturated rings. The summed E-state index contributed by atoms with van der Waals surface area (Å²) in [7, 11) is 0. The zero-order valence-electron chi connectivity index (χ0n) is 17.0. The predicted molar refractivity (Wildman–Crippen MR) is 107 cm³/mol. The van der Waals surface area contributed by atoms with Crippen molar-refractivity contribution in [3.05, 3.63) is 24.3 Å². The summed E-state index contributed by atoms with van der Waals surface area (Å²) in [6.07, 6.45) is 1.61. The maximum absolute atomic E-state index is 12.6. The van der Waals surface area contributed by atoms with Crippen LogP contribution in [0.25, 0.3) is 0 Å². The smallest absolute Gasteiger partial charge is 0.229 e. The first-order valence-electron chi connectivity index (χ1n) is 9.59. The van der Waals surface area contributed by atoms with Crippen LogP contribution in [0.1, 0.15) is 47.5 Å². The number of anilines is 2. The van der Waals surface area contributed by atoms with Gasteiger partial charge in [-0.05, 0) is 37.1 Å². The van der Waals surface area contributed by atoms with E-state index < -0.39 is 5.41 Å². The largest absolute Gasteiger partial charge is 0.341 e. The van der Waals surface area contributed by atoms with Gasteiger partial charge in [0.05, 0.1) is 5.92 Å². The molecule has 0 saturated carbocycles. The Morgan fingerprint density at radius 3 is 2.11 bits per heavy atom. The van der Waals surface area contributed by atoms with E-state index in [0.29, 0.717) is 24.5 Å². The Balaban J connectivity index is 1.94. The Kier molecular flexibility index (Phi) is 6.63. The molecule has 1 aliphatic heterocycles. The van der Waals surface area contributed by atoms with E-state index in [1.54, 1.807) is 29.2 Å². The number of piperidine rings is 1. The van der Waals surface area contributed by atoms with Crippen molar-refractivity contribution >= 4 is 29.1 Å². The van der Waals surface area contributed by atoms with Gasteiger partial charge in [-0.2, -0.15) is 0 Å². The third-order valence-electron chi connectivity index (χ3n) is 4.67. The fraction of sp³-hybridized carbons (Fsp3) is 0.571. The molecular weight excluding hydrogens is 342 g/mol. The predicted octanol–water partition coefficient (Wildman–Crippen LogP) is 3.50. The quantitative estimate of drug-likeness (QED) is 0.848. The standard InChI is InChI=1S/C21H31N3O3/c1-14(2)18(25)22-16-8-10-17(11-9-16)23-19(26)15-7-6-12-24(13-15)20(27)21(3,4)5/h8-11,14-15H,6-7,12-13H2,1-5H3,(H,22,25)(H,23,26). The maximum atomic E-state index is 12.6. The number of likely N-dealkylation sites (tertiary alicyclic amines) is 1. The molecule has 0 radical (unpaired) electrons. The zero-order chi connectivity index (χ0) is 20.2. The first kappa shape index (κ1) is 20.9. The van der Waals surface area contributed by atoms with Crippen LogP contribution < -0.4 is 10.6 Å². The van der Waals surface area contributed by atoms with Crippen molar-refractivity contribution in [3.8, 4) is 0 Å². The molecule has 1 saturated heterocycles. The van der Waals surface area contributed by atoms with Crippen molar-refractivity contribution in [3.63, 3.8) is 0 Å². The van der Waals surface area contributed by atoms with Gasteiger partial charge in [0, 0.05) is 35.8 Å². The number of nitrogens with zero attached hydrogens (tertiary/aromatic N) is 1. The van der Waals surface area contributed by atoms with Gasteiger partial charge in [-0.15, -0.1) is 0 Å². The van der Waals surface area contributed by atoms with Gasteiger partial charge in [-0.3, -0.25) is 14.4 Å². The van der Waals surface area contributed by atoms with Gasteiger partial charge in [-0.1, -0.05) is 34.6 Å². The molecule has 6 heteroatoms. The monoisotopic (exact) mass is 373 g/mol. The molecular formula is C21H31N3O3. The summed E-state index contributed by atoms with van der Waals surface area (Å²) in [6, 6.07) is 7.09. The van der Waals surface area contributed by atoms with E-state index in [0.717, 1.165) is 12.8 Å². The van der Waals surface area contributed by atoms with Gasteiger partial charge in [0.1, 0.15) is 0 Å². The fourth-order valence-corrected chi connectivity index (χ4v) is 3.02. The van der Waals surface area contributed by atoms with Crippen LogP contribution in [0, 0.1) is 17.3 Å². The second-order valence-electron chi connectivity index (χ2n) is 8.55. The lowest BCUT2D eigenvalue weighted by Gasteiger charge is -2.35. The van der Waals surface area contributed by atoms with E-state index in [4.69, 9.17) is 0 Å². The molecule has 1 aromatic carbocycles. The molecule has 0 aromatic heterocycles. The van der Waals surface area contributed by atoms with Crippen molar-refractivity contribution in [2.45, 2.75) is 47.5 Å². The third kappa shape index (κ3) is 5.81. The van der Waals surface area contributed by atoms with Gasteiger partial charge in [0.25, 0.3) is 0 Å². The number of amides is 3. The zero-order valence-corrected chi connectivity index (χ0v) is 17.0. The Bertz CT molecular complexity index is 690. The molecule has 1 heterocycles. The Hall–Kier alpha value is -2.37. The van der Waals surface area contributed by atoms with Crippen molar-refractivity contribution < 1.29 is 14.4 Å². The molecule has 3 amide bonds. The minimum Gasteiger partial charge on any atom is -0.341 e. The van der Waals surface area contributed by atoms with Crippen LogP contribution in [-0.4, -0.2) is 35.7 Å². The minimum atomic E-state index is -0.436. The number of benzene rings is 1. The molecule has 1 atom stereocenters. The number of rotatable bonds is 4. The van der Waals surface area contributed by atoms with Crippen LogP contribution in [0.3, 0.4) is 0 Å². The normalized spacial score (nSPS) is 17.6. The molecule has 0 bridgehead atoms. The second kappa shape index (κ2) is 8.55. The Labute approximate surface area is 161 Å². The highest BCUT2D eigenvalue weighted by Gasteiger charge is 2.33. The number of hydrogen-bond donors (Lipinski definition) is 2. The number of carbonyl (C=O) groups is 3. The number of hydrogen-bond acceptors (Lipinski definition) is 3. The van der Waals surface area contributed by atoms with Crippen molar-refractivity contribution in [1.29, 1.82) is 0 Å². The van der Waals surface area contributed by atoms with Gasteiger partial charge >= 0.3 is 0 Å². The summed E-state index contributed by atoms with van der Waals surface area (Å²) in [5.41, 5.74) is 0.947. The summed E-state index contributed by atoms with van der Waals surface area (Å²) >= 11 is 0. The van der Waals surface area contributed by atoms with Crippen LogP contribution in [0.5, 0.6) is 0 Å². The highest BCUT2D eigenvalue weighted by molar-refractivity contribution is 5.95. The highest BCUT2D eigenvalue weighted by Crippen LogP contribution is 2.24. The lowest BCUT2D eigenvalue weighted by molar-refractivity contribution is -0.142. The molecule has 1 aromatic rings. The van der Waals surface area contributed by atoms with Crippen LogP contribution in [-0.2, 0) is 14.4 Å². The summed E-state index contributed by atoms with van der Waals surface area (Å²) in [5.74, 6) is -0.317. The molecule has 27 heavy (non-hydrogen) atoms. The summed E-state index contributed by atoms with van der Waals surface area (Å²) in [5, 5.41) is 5.75. The van der Waals surface area contributed by atoms with Gasteiger partial charge in [0.2, 0.25) is 17.7 Å². The maximum Gasteiger partial charge on any atom is 0.229 e. The van der Waals surface area contributed by atoms with E-state index in [1.807, 2.05) is 34.6 Å². The Morgan fingerprint density at radius 2 is 1.59 bits per heavy atom. The first-order chi connectivity index (χ1) is 12.6. The van der Waals surface area contributed by atoms with E-state index in [9.17, 15) is 14.4 Å². The van der Waals surface area contributed by atoms with E-state index in [2.05, 4.69) is 10.6 Å². The van der Waals surface area contributed by atoms with E-state index in [-0.39, 0.29) is 29.6 Å². The van der Waals surface area contributed by atoms with Gasteiger partial charge in [0.15, 0.2) is 0 Å². The lowest BCUT2D eigenvalue weighted by atomic mass is 9.91. The van der Waals surface area contributed by atoms with Crippen molar-refractivity contribution in [1.82, 2.24) is 4.90 Å². The average molecular weight is 373 g/mol. The van der Waals surface area contributed by atoms with Crippen LogP contribution in [0.2, 0.25) is 0 Å². The summed E-state index contributed by atoms with van der Waals surface area (Å²) in [4.78, 5) is 38.6. The van der Waals surface area contributed by atoms with Crippen molar-refractivity contribution in [2.24, 2.45) is 17.3 Å². The molecule has 0 spiro atoms. The fourth-order valence-electron chi connectivity index (χ4n) is 3.02. The van der Waals surface area contributed by atoms with Crippen LogP contribution >= 0.6 is 0 Å². The van der Waals surface area contributed by atoms with Crippen LogP contribution in [0.4, 0.5) is 11.4 Å². The topological polar surface area (TPSA) is 78.5 Å². The lowest BCUT2D eigenvalue weighted by Crippen LogP contribution is -2.47. The Morgan fingerprint density at radius 1 is 1.04 bits per heavy atom. The van der Waals surface area contributed by atoms with Crippen molar-refractivity contribution in [2.75, 3.05) is 23.7 Å². The molecule has 148 valence electrons. The molecule has 1 unspecified atom stereocenters. The number of carbonyl (C=O) groups excluding carboxylic acids is 3. The van der Waals surface area contributed by atoms with Gasteiger partial charge < -0.3 is 15.5 Å². The highest BCUT2D eigenvalue weighted by atomic mass is 16.2. The number of nitrogens with one attached hydrogen (secondary N) is 2. The van der Waals surface area contributed by atoms with E-state index in [1.165, 1.54) is 0 Å². The van der Waals surface area contributed by atoms with E-state index >= 15 is 0 Å². The molecule has 2 N–H and O–H groups in total. The van der Waals surface area contributed by atoms with Crippen LogP contribution in [0.15, 0.2) is 24.3 Å². The van der Waals surface area contributed by atoms with Gasteiger partial charge in [-0.25, -0.2) is 0 Å². The molecule has 0 aliphatic carbocycles. The molecule has 1 aliphatic rings. The average Bonchev–Trinajstić information content (AvgIpc) is 2.61. The minimum absolute atomic E-state index is 0.0439. The SMILES string of the molecule is CC(C)C(=O)Nc1ccc(NC(=O)C2CCCN(C(=O)C(C)(C)C)C2)cc1. The molecule has 2 rings (SSSR count). The third-order valence-corrected chi connectivity index (χ3v) is 4.67. The molecule has 6 nitrogen and oxygen atoms in total.